The first kappa shape index (κ1) is 16.8. The number of hydrogen-bond acceptors (Lipinski definition) is 6. The fourth-order valence-corrected chi connectivity index (χ4v) is 2.51. The summed E-state index contributed by atoms with van der Waals surface area (Å²) in [6, 6.07) is -0.382. The van der Waals surface area contributed by atoms with Crippen LogP contribution in [0.2, 0.25) is 0 Å². The van der Waals surface area contributed by atoms with Crippen LogP contribution in [0.1, 0.15) is 12.8 Å². The summed E-state index contributed by atoms with van der Waals surface area (Å²) in [6.07, 6.45) is 2.60. The molecule has 1 atom stereocenters. The summed E-state index contributed by atoms with van der Waals surface area (Å²) in [5.74, 6) is -0.644. The average molecular weight is 323 g/mol. The molecule has 1 aromatic rings. The molecule has 2 heterocycles. The van der Waals surface area contributed by atoms with E-state index in [9.17, 15) is 9.59 Å². The largest absolute Gasteiger partial charge is 0.481 e. The second-order valence-corrected chi connectivity index (χ2v) is 5.53. The highest BCUT2D eigenvalue weighted by Gasteiger charge is 2.29. The minimum atomic E-state index is -0.878. The Morgan fingerprint density at radius 3 is 2.78 bits per heavy atom. The molecule has 1 aliphatic heterocycles. The molecule has 23 heavy (non-hydrogen) atoms. The molecule has 126 valence electrons. The smallest absolute Gasteiger partial charge is 0.322 e. The quantitative estimate of drug-likeness (QED) is 0.846. The minimum Gasteiger partial charge on any atom is -0.481 e. The Balaban J connectivity index is 2.18. The van der Waals surface area contributed by atoms with Gasteiger partial charge in [-0.1, -0.05) is 0 Å². The number of piperidine rings is 1. The molecule has 0 aromatic carbocycles. The van der Waals surface area contributed by atoms with Gasteiger partial charge in [0.05, 0.1) is 13.0 Å². The molecule has 2 amide bonds. The Kier molecular flexibility index (Phi) is 5.20. The number of carbonyl (C=O) groups excluding carboxylic acids is 1. The zero-order chi connectivity index (χ0) is 17.0. The lowest BCUT2D eigenvalue weighted by atomic mass is 9.99. The number of carboxylic acids is 1. The SMILES string of the molecule is COc1ncnc(N(C)C)c1NC(=O)N1CCCC(C(=O)O)C1. The molecule has 0 aliphatic carbocycles. The van der Waals surface area contributed by atoms with E-state index in [1.54, 1.807) is 19.0 Å². The maximum atomic E-state index is 12.5. The van der Waals surface area contributed by atoms with Crippen LogP contribution in [0.15, 0.2) is 6.33 Å². The first-order chi connectivity index (χ1) is 10.9. The normalized spacial score (nSPS) is 17.5. The van der Waals surface area contributed by atoms with Crippen LogP contribution in [0.3, 0.4) is 0 Å². The third kappa shape index (κ3) is 3.79. The lowest BCUT2D eigenvalue weighted by Crippen LogP contribution is -2.44. The molecule has 0 radical (unpaired) electrons. The molecule has 1 aromatic heterocycles. The minimum absolute atomic E-state index is 0.189. The third-order valence-corrected chi connectivity index (χ3v) is 3.70. The van der Waals surface area contributed by atoms with E-state index in [2.05, 4.69) is 15.3 Å². The van der Waals surface area contributed by atoms with E-state index >= 15 is 0 Å². The van der Waals surface area contributed by atoms with Crippen LogP contribution in [0.4, 0.5) is 16.3 Å². The van der Waals surface area contributed by atoms with E-state index in [-0.39, 0.29) is 18.5 Å². The van der Waals surface area contributed by atoms with E-state index in [1.807, 2.05) is 0 Å². The van der Waals surface area contributed by atoms with Crippen LogP contribution >= 0.6 is 0 Å². The number of aromatic nitrogens is 2. The number of amides is 2. The van der Waals surface area contributed by atoms with Crippen molar-refractivity contribution in [2.75, 3.05) is 44.5 Å². The van der Waals surface area contributed by atoms with Crippen molar-refractivity contribution in [1.29, 1.82) is 0 Å². The highest BCUT2D eigenvalue weighted by molar-refractivity contribution is 5.94. The predicted octanol–water partition coefficient (Wildman–Crippen LogP) is 0.880. The number of aliphatic carboxylic acids is 1. The van der Waals surface area contributed by atoms with Crippen molar-refractivity contribution >= 4 is 23.5 Å². The lowest BCUT2D eigenvalue weighted by molar-refractivity contribution is -0.143. The van der Waals surface area contributed by atoms with Gasteiger partial charge >= 0.3 is 12.0 Å². The average Bonchev–Trinajstić information content (AvgIpc) is 2.54. The van der Waals surface area contributed by atoms with E-state index in [0.717, 1.165) is 0 Å². The molecule has 1 saturated heterocycles. The number of carbonyl (C=O) groups is 2. The zero-order valence-corrected chi connectivity index (χ0v) is 13.4. The molecule has 0 saturated carbocycles. The summed E-state index contributed by atoms with van der Waals surface area (Å²) < 4.78 is 5.18. The van der Waals surface area contributed by atoms with Crippen molar-refractivity contribution < 1.29 is 19.4 Å². The van der Waals surface area contributed by atoms with Crippen LogP contribution in [0, 0.1) is 5.92 Å². The van der Waals surface area contributed by atoms with Gasteiger partial charge in [-0.05, 0) is 12.8 Å². The van der Waals surface area contributed by atoms with Crippen LogP contribution < -0.4 is 15.0 Å². The van der Waals surface area contributed by atoms with Gasteiger partial charge in [-0.15, -0.1) is 0 Å². The van der Waals surface area contributed by atoms with Crippen LogP contribution in [-0.2, 0) is 4.79 Å². The molecule has 9 heteroatoms. The number of ether oxygens (including phenoxy) is 1. The van der Waals surface area contributed by atoms with Gasteiger partial charge in [0, 0.05) is 27.2 Å². The second kappa shape index (κ2) is 7.12. The van der Waals surface area contributed by atoms with E-state index < -0.39 is 11.9 Å². The van der Waals surface area contributed by atoms with E-state index in [1.165, 1.54) is 18.3 Å². The summed E-state index contributed by atoms with van der Waals surface area (Å²) in [6.45, 7) is 0.706. The number of hydrogen-bond donors (Lipinski definition) is 2. The van der Waals surface area contributed by atoms with Crippen LogP contribution in [-0.4, -0.2) is 66.3 Å². The summed E-state index contributed by atoms with van der Waals surface area (Å²) in [7, 11) is 5.04. The van der Waals surface area contributed by atoms with E-state index in [0.29, 0.717) is 30.9 Å². The summed E-state index contributed by atoms with van der Waals surface area (Å²) >= 11 is 0. The second-order valence-electron chi connectivity index (χ2n) is 5.53. The monoisotopic (exact) mass is 323 g/mol. The van der Waals surface area contributed by atoms with Crippen molar-refractivity contribution in [3.8, 4) is 5.88 Å². The first-order valence-corrected chi connectivity index (χ1v) is 7.29. The van der Waals surface area contributed by atoms with Crippen molar-refractivity contribution in [2.24, 2.45) is 5.92 Å². The molecule has 9 nitrogen and oxygen atoms in total. The Morgan fingerprint density at radius 2 is 2.17 bits per heavy atom. The van der Waals surface area contributed by atoms with Gasteiger partial charge in [-0.2, -0.15) is 4.98 Å². The van der Waals surface area contributed by atoms with Crippen molar-refractivity contribution in [3.63, 3.8) is 0 Å². The van der Waals surface area contributed by atoms with Crippen molar-refractivity contribution in [3.05, 3.63) is 6.33 Å². The maximum Gasteiger partial charge on any atom is 0.322 e. The molecule has 2 N–H and O–H groups in total. The zero-order valence-electron chi connectivity index (χ0n) is 13.4. The predicted molar refractivity (Wildman–Crippen MR) is 83.9 cm³/mol. The molecule has 1 aliphatic rings. The number of nitrogens with zero attached hydrogens (tertiary/aromatic N) is 4. The molecule has 2 rings (SSSR count). The fraction of sp³-hybridized carbons (Fsp3) is 0.571. The topological polar surface area (TPSA) is 108 Å². The van der Waals surface area contributed by atoms with Crippen LogP contribution in [0.25, 0.3) is 0 Å². The highest BCUT2D eigenvalue weighted by Crippen LogP contribution is 2.30. The van der Waals surface area contributed by atoms with Gasteiger partial charge < -0.3 is 19.6 Å². The number of rotatable bonds is 4. The summed E-state index contributed by atoms with van der Waals surface area (Å²) in [5, 5.41) is 11.9. The Hall–Kier alpha value is -2.58. The molecule has 0 bridgehead atoms. The number of anilines is 2. The van der Waals surface area contributed by atoms with Gasteiger partial charge in [0.2, 0.25) is 5.88 Å². The Morgan fingerprint density at radius 1 is 1.43 bits per heavy atom. The standard InChI is InChI=1S/C14H21N5O4/c1-18(2)11-10(12(23-3)16-8-15-11)17-14(22)19-6-4-5-9(7-19)13(20)21/h8-9H,4-7H2,1-3H3,(H,17,22)(H,20,21). The number of nitrogens with one attached hydrogen (secondary N) is 1. The van der Waals surface area contributed by atoms with Crippen LogP contribution in [0.5, 0.6) is 5.88 Å². The van der Waals surface area contributed by atoms with Crippen molar-refractivity contribution in [1.82, 2.24) is 14.9 Å². The number of urea groups is 1. The number of likely N-dealkylation sites (tertiary alicyclic amines) is 1. The highest BCUT2D eigenvalue weighted by atomic mass is 16.5. The molecule has 1 unspecified atom stereocenters. The van der Waals surface area contributed by atoms with Gasteiger partial charge in [-0.25, -0.2) is 9.78 Å². The first-order valence-electron chi connectivity index (χ1n) is 7.29. The Labute approximate surface area is 134 Å². The lowest BCUT2D eigenvalue weighted by Gasteiger charge is -2.31. The fourth-order valence-electron chi connectivity index (χ4n) is 2.51. The molecular weight excluding hydrogens is 302 g/mol. The van der Waals surface area contributed by atoms with Gasteiger partial charge in [-0.3, -0.25) is 10.1 Å². The summed E-state index contributed by atoms with van der Waals surface area (Å²) in [5.41, 5.74) is 0.363. The number of carboxylic acid groups (broad SMARTS) is 1. The Bertz CT molecular complexity index is 593. The van der Waals surface area contributed by atoms with Gasteiger partial charge in [0.25, 0.3) is 0 Å². The van der Waals surface area contributed by atoms with Crippen molar-refractivity contribution in [2.45, 2.75) is 12.8 Å². The maximum absolute atomic E-state index is 12.5. The molecular formula is C14H21N5O4. The summed E-state index contributed by atoms with van der Waals surface area (Å²) in [4.78, 5) is 34.9. The van der Waals surface area contributed by atoms with Gasteiger partial charge in [0.15, 0.2) is 5.82 Å². The molecule has 0 spiro atoms. The van der Waals surface area contributed by atoms with Gasteiger partial charge in [0.1, 0.15) is 12.0 Å². The van der Waals surface area contributed by atoms with E-state index in [4.69, 9.17) is 9.84 Å². The molecule has 1 fully saturated rings. The third-order valence-electron chi connectivity index (χ3n) is 3.70. The number of methoxy groups -OCH3 is 1.